The van der Waals surface area contributed by atoms with Gasteiger partial charge < -0.3 is 10.5 Å². The largest absolute Gasteiger partial charge is 0.423 e. The summed E-state index contributed by atoms with van der Waals surface area (Å²) in [5, 5.41) is 13.7. The summed E-state index contributed by atoms with van der Waals surface area (Å²) >= 11 is 0. The van der Waals surface area contributed by atoms with Gasteiger partial charge in [-0.1, -0.05) is 0 Å². The number of aromatic nitrogens is 3. The second-order valence-corrected chi connectivity index (χ2v) is 4.99. The first-order chi connectivity index (χ1) is 10.2. The molecule has 3 aromatic heterocycles. The summed E-state index contributed by atoms with van der Waals surface area (Å²) in [5.41, 5.74) is 2.47. The summed E-state index contributed by atoms with van der Waals surface area (Å²) in [7, 11) is 0. The molecule has 4 rings (SSSR count). The normalized spacial score (nSPS) is 13.1. The number of anilines is 1. The van der Waals surface area contributed by atoms with Crippen LogP contribution < -0.4 is 10.9 Å². The standard InChI is InChI=1S/C15H12N4O2/c20-13-7-12(11-2-1-4-17-15(11)19(13)21)10-6-9-3-5-16-14(9)18-8-10/h1-2,4,6-8,21H,3,5H2,(H,16,18). The molecule has 6 heteroatoms. The summed E-state index contributed by atoms with van der Waals surface area (Å²) in [4.78, 5) is 20.4. The predicted molar refractivity (Wildman–Crippen MR) is 78.6 cm³/mol. The second-order valence-electron chi connectivity index (χ2n) is 4.99. The first-order valence-corrected chi connectivity index (χ1v) is 6.67. The topological polar surface area (TPSA) is 80.0 Å². The molecule has 0 spiro atoms. The van der Waals surface area contributed by atoms with Crippen LogP contribution in [0, 0.1) is 0 Å². The van der Waals surface area contributed by atoms with Crippen molar-refractivity contribution in [3.8, 4) is 11.1 Å². The third-order valence-corrected chi connectivity index (χ3v) is 3.72. The number of rotatable bonds is 1. The molecule has 1 aliphatic rings. The van der Waals surface area contributed by atoms with E-state index >= 15 is 0 Å². The lowest BCUT2D eigenvalue weighted by molar-refractivity contribution is 0.187. The van der Waals surface area contributed by atoms with Crippen molar-refractivity contribution in [1.82, 2.24) is 14.7 Å². The molecule has 104 valence electrons. The Kier molecular flexibility index (Phi) is 2.44. The highest BCUT2D eigenvalue weighted by Crippen LogP contribution is 2.29. The zero-order valence-corrected chi connectivity index (χ0v) is 11.1. The van der Waals surface area contributed by atoms with Gasteiger partial charge in [0.25, 0.3) is 5.56 Å². The molecule has 0 aromatic carbocycles. The van der Waals surface area contributed by atoms with E-state index < -0.39 is 5.56 Å². The zero-order chi connectivity index (χ0) is 14.4. The quantitative estimate of drug-likeness (QED) is 0.663. The molecule has 0 saturated carbocycles. The Morgan fingerprint density at radius 2 is 2.19 bits per heavy atom. The molecule has 0 radical (unpaired) electrons. The maximum atomic E-state index is 11.9. The van der Waals surface area contributed by atoms with Crippen molar-refractivity contribution in [2.75, 3.05) is 11.9 Å². The van der Waals surface area contributed by atoms with E-state index in [1.165, 1.54) is 6.07 Å². The molecule has 0 atom stereocenters. The lowest BCUT2D eigenvalue weighted by Gasteiger charge is -2.09. The van der Waals surface area contributed by atoms with Crippen LogP contribution in [0.1, 0.15) is 5.56 Å². The maximum Gasteiger partial charge on any atom is 0.285 e. The van der Waals surface area contributed by atoms with Crippen LogP contribution in [0.15, 0.2) is 41.5 Å². The van der Waals surface area contributed by atoms with Gasteiger partial charge in [-0.05, 0) is 35.7 Å². The summed E-state index contributed by atoms with van der Waals surface area (Å²) in [5.74, 6) is 0.900. The summed E-state index contributed by atoms with van der Waals surface area (Å²) in [6.45, 7) is 0.881. The molecular weight excluding hydrogens is 268 g/mol. The van der Waals surface area contributed by atoms with Crippen LogP contribution in [-0.4, -0.2) is 26.5 Å². The average Bonchev–Trinajstić information content (AvgIpc) is 2.98. The number of hydrogen-bond acceptors (Lipinski definition) is 5. The van der Waals surface area contributed by atoms with E-state index in [2.05, 4.69) is 15.3 Å². The lowest BCUT2D eigenvalue weighted by atomic mass is 10.0. The van der Waals surface area contributed by atoms with Crippen molar-refractivity contribution in [2.24, 2.45) is 0 Å². The van der Waals surface area contributed by atoms with Gasteiger partial charge in [0.2, 0.25) is 0 Å². The number of fused-ring (bicyclic) bond motifs is 2. The van der Waals surface area contributed by atoms with Gasteiger partial charge in [-0.2, -0.15) is 0 Å². The van der Waals surface area contributed by atoms with E-state index in [9.17, 15) is 10.0 Å². The van der Waals surface area contributed by atoms with Crippen LogP contribution in [0.3, 0.4) is 0 Å². The predicted octanol–water partition coefficient (Wildman–Crippen LogP) is 1.66. The molecule has 21 heavy (non-hydrogen) atoms. The van der Waals surface area contributed by atoms with Crippen LogP contribution in [0.5, 0.6) is 0 Å². The highest BCUT2D eigenvalue weighted by molar-refractivity contribution is 5.92. The van der Waals surface area contributed by atoms with Gasteiger partial charge in [0, 0.05) is 36.0 Å². The van der Waals surface area contributed by atoms with Gasteiger partial charge in [-0.15, -0.1) is 4.73 Å². The first-order valence-electron chi connectivity index (χ1n) is 6.67. The fourth-order valence-electron chi connectivity index (χ4n) is 2.70. The molecule has 0 fully saturated rings. The van der Waals surface area contributed by atoms with Gasteiger partial charge in [0.05, 0.1) is 0 Å². The Hall–Kier alpha value is -2.89. The van der Waals surface area contributed by atoms with Crippen molar-refractivity contribution in [3.63, 3.8) is 0 Å². The van der Waals surface area contributed by atoms with Gasteiger partial charge in [-0.25, -0.2) is 9.97 Å². The van der Waals surface area contributed by atoms with Gasteiger partial charge in [0.15, 0.2) is 5.65 Å². The molecule has 0 saturated heterocycles. The highest BCUT2D eigenvalue weighted by atomic mass is 16.5. The highest BCUT2D eigenvalue weighted by Gasteiger charge is 2.15. The van der Waals surface area contributed by atoms with Crippen molar-refractivity contribution in [3.05, 3.63) is 52.6 Å². The molecule has 1 aliphatic heterocycles. The van der Waals surface area contributed by atoms with Gasteiger partial charge >= 0.3 is 0 Å². The average molecular weight is 280 g/mol. The van der Waals surface area contributed by atoms with E-state index in [0.29, 0.717) is 10.1 Å². The van der Waals surface area contributed by atoms with E-state index in [1.807, 2.05) is 12.1 Å². The Morgan fingerprint density at radius 3 is 3.10 bits per heavy atom. The summed E-state index contributed by atoms with van der Waals surface area (Å²) in [6, 6.07) is 7.05. The third kappa shape index (κ3) is 1.76. The van der Waals surface area contributed by atoms with Crippen molar-refractivity contribution in [2.45, 2.75) is 6.42 Å². The smallest absolute Gasteiger partial charge is 0.285 e. The number of nitrogens with zero attached hydrogens (tertiary/aromatic N) is 3. The van der Waals surface area contributed by atoms with E-state index in [1.54, 1.807) is 18.5 Å². The van der Waals surface area contributed by atoms with E-state index in [-0.39, 0.29) is 5.65 Å². The monoisotopic (exact) mass is 280 g/mol. The fourth-order valence-corrected chi connectivity index (χ4v) is 2.70. The van der Waals surface area contributed by atoms with E-state index in [0.717, 1.165) is 35.5 Å². The molecular formula is C15H12N4O2. The van der Waals surface area contributed by atoms with Gasteiger partial charge in [0.1, 0.15) is 5.82 Å². The molecule has 4 heterocycles. The number of pyridine rings is 3. The Bertz CT molecular complexity index is 917. The minimum absolute atomic E-state index is 0.249. The van der Waals surface area contributed by atoms with Gasteiger partial charge in [-0.3, -0.25) is 4.79 Å². The van der Waals surface area contributed by atoms with Crippen molar-refractivity contribution in [1.29, 1.82) is 0 Å². The molecule has 0 unspecified atom stereocenters. The van der Waals surface area contributed by atoms with Crippen LogP contribution in [0.2, 0.25) is 0 Å². The second kappa shape index (κ2) is 4.31. The Morgan fingerprint density at radius 1 is 1.29 bits per heavy atom. The number of nitrogens with one attached hydrogen (secondary N) is 1. The van der Waals surface area contributed by atoms with E-state index in [4.69, 9.17) is 0 Å². The third-order valence-electron chi connectivity index (χ3n) is 3.72. The minimum Gasteiger partial charge on any atom is -0.423 e. The van der Waals surface area contributed by atoms with Crippen LogP contribution >= 0.6 is 0 Å². The maximum absolute atomic E-state index is 11.9. The zero-order valence-electron chi connectivity index (χ0n) is 11.1. The van der Waals surface area contributed by atoms with Crippen LogP contribution in [0.4, 0.5) is 5.82 Å². The first kappa shape index (κ1) is 11.9. The van der Waals surface area contributed by atoms with Crippen molar-refractivity contribution >= 4 is 16.9 Å². The molecule has 0 aliphatic carbocycles. The Labute approximate surface area is 119 Å². The minimum atomic E-state index is -0.505. The fraction of sp³-hybridized carbons (Fsp3) is 0.133. The molecule has 3 aromatic rings. The summed E-state index contributed by atoms with van der Waals surface area (Å²) in [6.07, 6.45) is 4.20. The lowest BCUT2D eigenvalue weighted by Crippen LogP contribution is -2.18. The SMILES string of the molecule is O=c1cc(-c2cnc3c(c2)CCN3)c2cccnc2n1O. The number of hydrogen-bond donors (Lipinski definition) is 2. The molecule has 2 N–H and O–H groups in total. The van der Waals surface area contributed by atoms with Crippen LogP contribution in [-0.2, 0) is 6.42 Å². The van der Waals surface area contributed by atoms with Crippen molar-refractivity contribution < 1.29 is 5.21 Å². The Balaban J connectivity index is 2.03. The molecule has 0 bridgehead atoms. The van der Waals surface area contributed by atoms with Crippen LogP contribution in [0.25, 0.3) is 22.2 Å². The molecule has 0 amide bonds. The summed E-state index contributed by atoms with van der Waals surface area (Å²) < 4.78 is 0.571. The molecule has 6 nitrogen and oxygen atoms in total.